The molecule has 62 heavy (non-hydrogen) atoms. The monoisotopic (exact) mass is 874 g/mol. The van der Waals surface area contributed by atoms with Gasteiger partial charge in [0, 0.05) is 22.9 Å². The van der Waals surface area contributed by atoms with Crippen molar-refractivity contribution in [3.05, 3.63) is 115 Å². The Morgan fingerprint density at radius 3 is 2.23 bits per heavy atom. The summed E-state index contributed by atoms with van der Waals surface area (Å²) in [5.74, 6) is -1.76. The molecule has 3 aromatic carbocycles. The van der Waals surface area contributed by atoms with Crippen LogP contribution in [0.4, 0.5) is 4.79 Å². The average Bonchev–Trinajstić information content (AvgIpc) is 3.53. The molecule has 5 aromatic rings. The number of nitrogens with one attached hydrogen (secondary N) is 3. The predicted molar refractivity (Wildman–Crippen MR) is 240 cm³/mol. The summed E-state index contributed by atoms with van der Waals surface area (Å²) in [5.41, 5.74) is -0.419. The van der Waals surface area contributed by atoms with Gasteiger partial charge in [0.15, 0.2) is 0 Å². The molecule has 4 amide bonds. The van der Waals surface area contributed by atoms with Gasteiger partial charge in [-0.15, -0.1) is 11.3 Å². The number of hydrogen-bond donors (Lipinski definition) is 3. The summed E-state index contributed by atoms with van der Waals surface area (Å²) in [6, 6.07) is 26.8. The first kappa shape index (κ1) is 42.8. The first-order valence-corrected chi connectivity index (χ1v) is 23.7. The van der Waals surface area contributed by atoms with Gasteiger partial charge >= 0.3 is 6.09 Å². The lowest BCUT2D eigenvalue weighted by molar-refractivity contribution is -0.141. The second-order valence-corrected chi connectivity index (χ2v) is 20.5. The van der Waals surface area contributed by atoms with E-state index in [1.165, 1.54) is 16.2 Å². The molecule has 0 bridgehead atoms. The number of para-hydroxylation sites is 2. The first-order chi connectivity index (χ1) is 29.8. The van der Waals surface area contributed by atoms with Gasteiger partial charge in [-0.2, -0.15) is 0 Å². The van der Waals surface area contributed by atoms with Crippen molar-refractivity contribution < 1.29 is 33.2 Å². The standard InChI is InChI=1S/C47H51N6O7PS/c1-46(2,3)60-45(57)50-37-25-14-6-4-5-9-18-31-29-47(31,44(56)52-61(58,33-19-10-7-11-20-33)34-21-12-8-13-22-34)51-41(54)38-28-32(30-53(38)43(37)55)59-42-40(39-26-17-27-62-39)48-35-23-15-16-24-36(35)49-42/h7-13,15-24,26-27,31-32,37-38H,4-6,14,25,28-30H2,1-3H3,(H,50,57)(H,51,54)(H,52,56,58)/b18-9-/t31?,32-,37+,38+,47-/m1/s1. The van der Waals surface area contributed by atoms with Crippen LogP contribution in [0.15, 0.2) is 115 Å². The molecule has 0 spiro atoms. The first-order valence-electron chi connectivity index (χ1n) is 21.1. The summed E-state index contributed by atoms with van der Waals surface area (Å²) < 4.78 is 27.3. The molecule has 4 heterocycles. The van der Waals surface area contributed by atoms with Crippen molar-refractivity contribution in [2.24, 2.45) is 5.92 Å². The zero-order valence-electron chi connectivity index (χ0n) is 35.0. The van der Waals surface area contributed by atoms with Crippen molar-refractivity contribution in [1.29, 1.82) is 0 Å². The summed E-state index contributed by atoms with van der Waals surface area (Å²) in [5, 5.41) is 11.6. The van der Waals surface area contributed by atoms with Gasteiger partial charge in [-0.1, -0.05) is 79.6 Å². The minimum absolute atomic E-state index is 0.0124. The molecular formula is C47H51N6O7PS. The molecule has 1 unspecified atom stereocenters. The van der Waals surface area contributed by atoms with E-state index in [2.05, 4.69) is 15.7 Å². The zero-order chi connectivity index (χ0) is 43.5. The van der Waals surface area contributed by atoms with Gasteiger partial charge in [-0.05, 0) is 94.3 Å². The Labute approximate surface area is 365 Å². The summed E-state index contributed by atoms with van der Waals surface area (Å²) >= 11 is 1.49. The molecular weight excluding hydrogens is 824 g/mol. The number of nitrogens with zero attached hydrogens (tertiary/aromatic N) is 3. The minimum atomic E-state index is -3.75. The Kier molecular flexibility index (Phi) is 12.3. The third kappa shape index (κ3) is 9.31. The Morgan fingerprint density at radius 2 is 1.56 bits per heavy atom. The number of thiophene rings is 1. The van der Waals surface area contributed by atoms with Crippen LogP contribution in [0.1, 0.15) is 65.7 Å². The topological polar surface area (TPSA) is 169 Å². The molecule has 1 saturated carbocycles. The van der Waals surface area contributed by atoms with Crippen molar-refractivity contribution in [1.82, 2.24) is 30.6 Å². The van der Waals surface area contributed by atoms with Crippen LogP contribution in [0, 0.1) is 5.92 Å². The number of rotatable bonds is 8. The highest BCUT2D eigenvalue weighted by Crippen LogP contribution is 2.49. The molecule has 322 valence electrons. The third-order valence-corrected chi connectivity index (χ3v) is 14.9. The fourth-order valence-corrected chi connectivity index (χ4v) is 11.1. The lowest BCUT2D eigenvalue weighted by atomic mass is 10.0. The lowest BCUT2D eigenvalue weighted by Gasteiger charge is -2.31. The van der Waals surface area contributed by atoms with Crippen LogP contribution in [0.3, 0.4) is 0 Å². The van der Waals surface area contributed by atoms with E-state index in [1.807, 2.05) is 66.1 Å². The number of carbonyl (C=O) groups is 4. The van der Waals surface area contributed by atoms with E-state index in [0.29, 0.717) is 46.6 Å². The molecule has 8 rings (SSSR count). The van der Waals surface area contributed by atoms with Gasteiger partial charge in [-0.3, -0.25) is 24.0 Å². The number of allylic oxidation sites excluding steroid dienone is 1. The molecule has 2 aromatic heterocycles. The summed E-state index contributed by atoms with van der Waals surface area (Å²) in [4.78, 5) is 69.7. The van der Waals surface area contributed by atoms with Gasteiger partial charge in [-0.25, -0.2) is 14.8 Å². The maximum Gasteiger partial charge on any atom is 0.408 e. The zero-order valence-corrected chi connectivity index (χ0v) is 36.7. The van der Waals surface area contributed by atoms with Crippen LogP contribution < -0.4 is 31.1 Å². The van der Waals surface area contributed by atoms with Crippen LogP contribution in [-0.4, -0.2) is 74.6 Å². The number of amides is 4. The van der Waals surface area contributed by atoms with Gasteiger partial charge in [0.25, 0.3) is 5.91 Å². The molecule has 13 nitrogen and oxygen atoms in total. The van der Waals surface area contributed by atoms with Crippen LogP contribution in [-0.2, 0) is 23.7 Å². The number of fused-ring (bicyclic) bond motifs is 3. The smallest absolute Gasteiger partial charge is 0.408 e. The lowest BCUT2D eigenvalue weighted by Crippen LogP contribution is -2.58. The normalized spacial score (nSPS) is 23.8. The number of aromatic nitrogens is 2. The van der Waals surface area contributed by atoms with E-state index in [-0.39, 0.29) is 25.3 Å². The van der Waals surface area contributed by atoms with Crippen molar-refractivity contribution >= 4 is 64.1 Å². The van der Waals surface area contributed by atoms with Crippen LogP contribution in [0.25, 0.3) is 21.6 Å². The number of alkyl carbamates (subject to hydrolysis) is 1. The van der Waals surface area contributed by atoms with Crippen LogP contribution >= 0.6 is 18.6 Å². The quantitative estimate of drug-likeness (QED) is 0.109. The molecule has 3 N–H and O–H groups in total. The minimum Gasteiger partial charge on any atom is -0.471 e. The molecule has 3 aliphatic rings. The number of hydrogen-bond acceptors (Lipinski definition) is 10. The molecule has 5 atom stereocenters. The van der Waals surface area contributed by atoms with E-state index in [0.717, 1.165) is 17.7 Å². The van der Waals surface area contributed by atoms with E-state index in [4.69, 9.17) is 19.4 Å². The van der Waals surface area contributed by atoms with Crippen molar-refractivity contribution in [3.63, 3.8) is 0 Å². The SMILES string of the molecule is CC(C)(C)OC(=O)N[C@H]1CCCCC/C=C\C2C[C@@]2(C(=O)NP(=O)(c2ccccc2)c2ccccc2)NC(=O)[C@@H]2C[C@@H](Oc3nc4ccccc4nc3-c3cccs3)CN2C1=O. The van der Waals surface area contributed by atoms with E-state index in [9.17, 15) is 19.2 Å². The van der Waals surface area contributed by atoms with Gasteiger partial charge in [0.05, 0.1) is 22.5 Å². The maximum absolute atomic E-state index is 15.1. The molecule has 0 radical (unpaired) electrons. The second-order valence-electron chi connectivity index (χ2n) is 17.1. The average molecular weight is 875 g/mol. The fourth-order valence-electron chi connectivity index (χ4n) is 8.21. The van der Waals surface area contributed by atoms with E-state index in [1.54, 1.807) is 69.3 Å². The highest BCUT2D eigenvalue weighted by molar-refractivity contribution is 7.77. The molecule has 15 heteroatoms. The Bertz CT molecular complexity index is 2470. The molecule has 2 fully saturated rings. The summed E-state index contributed by atoms with van der Waals surface area (Å²) in [7, 11) is -3.75. The Hall–Kier alpha value is -5.85. The number of benzene rings is 3. The van der Waals surface area contributed by atoms with Crippen molar-refractivity contribution in [2.45, 2.75) is 95.0 Å². The van der Waals surface area contributed by atoms with E-state index >= 15 is 4.57 Å². The second kappa shape index (κ2) is 17.9. The summed E-state index contributed by atoms with van der Waals surface area (Å²) in [6.45, 7) is 5.23. The van der Waals surface area contributed by atoms with Crippen LogP contribution in [0.2, 0.25) is 0 Å². The fraction of sp³-hybridized carbons (Fsp3) is 0.362. The van der Waals surface area contributed by atoms with Crippen LogP contribution in [0.5, 0.6) is 5.88 Å². The third-order valence-electron chi connectivity index (χ3n) is 11.4. The maximum atomic E-state index is 15.1. The Balaban J connectivity index is 1.14. The van der Waals surface area contributed by atoms with Gasteiger partial charge in [0.1, 0.15) is 35.0 Å². The van der Waals surface area contributed by atoms with Gasteiger partial charge in [0.2, 0.25) is 25.0 Å². The molecule has 1 aliphatic carbocycles. The molecule has 2 aliphatic heterocycles. The van der Waals surface area contributed by atoms with Crippen molar-refractivity contribution in [2.75, 3.05) is 6.54 Å². The Morgan fingerprint density at radius 1 is 0.887 bits per heavy atom. The largest absolute Gasteiger partial charge is 0.471 e. The summed E-state index contributed by atoms with van der Waals surface area (Å²) in [6.07, 6.45) is 6.08. The van der Waals surface area contributed by atoms with Gasteiger partial charge < -0.3 is 25.0 Å². The highest BCUT2D eigenvalue weighted by Gasteiger charge is 2.62. The van der Waals surface area contributed by atoms with Crippen molar-refractivity contribution in [3.8, 4) is 16.5 Å². The van der Waals surface area contributed by atoms with E-state index < -0.39 is 66.4 Å². The predicted octanol–water partition coefficient (Wildman–Crippen LogP) is 7.04. The molecule has 1 saturated heterocycles. The highest BCUT2D eigenvalue weighted by atomic mass is 32.1. The number of ether oxygens (including phenoxy) is 2. The number of carbonyl (C=O) groups excluding carboxylic acids is 4.